The smallest absolute Gasteiger partial charge is 0.212 e. The van der Waals surface area contributed by atoms with Crippen LogP contribution >= 0.6 is 22.6 Å². The zero-order valence-electron chi connectivity index (χ0n) is 6.20. The van der Waals surface area contributed by atoms with Crippen molar-refractivity contribution in [2.75, 3.05) is 12.8 Å². The Morgan fingerprint density at radius 1 is 1.64 bits per heavy atom. The van der Waals surface area contributed by atoms with E-state index >= 15 is 0 Å². The normalized spacial score (nSPS) is 34.5. The van der Waals surface area contributed by atoms with Gasteiger partial charge in [-0.3, -0.25) is 0 Å². The standard InChI is InChI=1S/C5H11IN2O2S/c1-11(9,10)8-3-2-4(7)5(8)6/h4-5H,2-3,7H2,1H3. The van der Waals surface area contributed by atoms with E-state index in [0.29, 0.717) is 6.54 Å². The summed E-state index contributed by atoms with van der Waals surface area (Å²) in [4.78, 5) is 0. The van der Waals surface area contributed by atoms with Crippen LogP contribution in [-0.2, 0) is 10.0 Å². The van der Waals surface area contributed by atoms with Crippen LogP contribution in [0.4, 0.5) is 0 Å². The lowest BCUT2D eigenvalue weighted by atomic mass is 10.3. The van der Waals surface area contributed by atoms with Crippen LogP contribution in [0, 0.1) is 0 Å². The Morgan fingerprint density at radius 2 is 2.18 bits per heavy atom. The van der Waals surface area contributed by atoms with Crippen molar-refractivity contribution in [1.29, 1.82) is 0 Å². The third-order valence-corrected chi connectivity index (χ3v) is 4.97. The van der Waals surface area contributed by atoms with Crippen molar-refractivity contribution in [2.45, 2.75) is 16.5 Å². The lowest BCUT2D eigenvalue weighted by molar-refractivity contribution is 0.467. The van der Waals surface area contributed by atoms with Crippen molar-refractivity contribution in [2.24, 2.45) is 5.73 Å². The molecule has 0 bridgehead atoms. The molecule has 0 spiro atoms. The highest BCUT2D eigenvalue weighted by Gasteiger charge is 2.34. The van der Waals surface area contributed by atoms with Crippen LogP contribution in [0.3, 0.4) is 0 Å². The van der Waals surface area contributed by atoms with Gasteiger partial charge in [0, 0.05) is 12.6 Å². The molecule has 2 N–H and O–H groups in total. The van der Waals surface area contributed by atoms with Crippen LogP contribution in [-0.4, -0.2) is 35.6 Å². The summed E-state index contributed by atoms with van der Waals surface area (Å²) < 4.78 is 23.5. The molecular formula is C5H11IN2O2S. The van der Waals surface area contributed by atoms with E-state index in [1.807, 2.05) is 0 Å². The van der Waals surface area contributed by atoms with E-state index in [4.69, 9.17) is 5.73 Å². The second-order valence-electron chi connectivity index (χ2n) is 2.70. The number of rotatable bonds is 1. The maximum Gasteiger partial charge on any atom is 0.212 e. The van der Waals surface area contributed by atoms with Crippen molar-refractivity contribution in [1.82, 2.24) is 4.31 Å². The molecule has 4 nitrogen and oxygen atoms in total. The van der Waals surface area contributed by atoms with Crippen molar-refractivity contribution in [3.05, 3.63) is 0 Å². The molecule has 0 aromatic heterocycles. The minimum absolute atomic E-state index is 0.00896. The maximum atomic E-state index is 11.1. The number of hydrogen-bond acceptors (Lipinski definition) is 3. The van der Waals surface area contributed by atoms with Gasteiger partial charge in [-0.15, -0.1) is 0 Å². The van der Waals surface area contributed by atoms with Crippen LogP contribution in [0.1, 0.15) is 6.42 Å². The molecule has 1 rings (SSSR count). The van der Waals surface area contributed by atoms with Gasteiger partial charge < -0.3 is 5.73 Å². The fourth-order valence-corrected chi connectivity index (χ4v) is 3.94. The zero-order chi connectivity index (χ0) is 8.65. The van der Waals surface area contributed by atoms with Crippen molar-refractivity contribution >= 4 is 32.6 Å². The summed E-state index contributed by atoms with van der Waals surface area (Å²) in [6.45, 7) is 0.563. The largest absolute Gasteiger partial charge is 0.326 e. The van der Waals surface area contributed by atoms with Gasteiger partial charge in [-0.25, -0.2) is 8.42 Å². The molecule has 0 aromatic rings. The highest BCUT2D eigenvalue weighted by molar-refractivity contribution is 14.1. The second kappa shape index (κ2) is 3.15. The fraction of sp³-hybridized carbons (Fsp3) is 1.00. The summed E-state index contributed by atoms with van der Waals surface area (Å²) >= 11 is 2.07. The number of nitrogens with two attached hydrogens (primary N) is 1. The van der Waals surface area contributed by atoms with Gasteiger partial charge in [0.2, 0.25) is 10.0 Å². The summed E-state index contributed by atoms with van der Waals surface area (Å²) in [5, 5.41) is 0. The SMILES string of the molecule is CS(=O)(=O)N1CCC(N)C1I. The number of alkyl halides is 1. The van der Waals surface area contributed by atoms with Gasteiger partial charge in [0.1, 0.15) is 0 Å². The zero-order valence-corrected chi connectivity index (χ0v) is 9.17. The van der Waals surface area contributed by atoms with Gasteiger partial charge in [0.25, 0.3) is 0 Å². The Hall–Kier alpha value is 0.600. The monoisotopic (exact) mass is 290 g/mol. The summed E-state index contributed by atoms with van der Waals surface area (Å²) in [6, 6.07) is -0.00896. The van der Waals surface area contributed by atoms with Gasteiger partial charge in [-0.05, 0) is 6.42 Å². The van der Waals surface area contributed by atoms with Crippen molar-refractivity contribution < 1.29 is 8.42 Å². The summed E-state index contributed by atoms with van der Waals surface area (Å²) in [5.74, 6) is 0. The van der Waals surface area contributed by atoms with Crippen molar-refractivity contribution in [3.8, 4) is 0 Å². The molecule has 11 heavy (non-hydrogen) atoms. The van der Waals surface area contributed by atoms with Gasteiger partial charge in [0.05, 0.1) is 10.3 Å². The highest BCUT2D eigenvalue weighted by atomic mass is 127. The number of halogens is 1. The average molecular weight is 290 g/mol. The molecule has 2 unspecified atom stereocenters. The van der Waals surface area contributed by atoms with Crippen LogP contribution < -0.4 is 5.73 Å². The van der Waals surface area contributed by atoms with E-state index in [2.05, 4.69) is 22.6 Å². The fourth-order valence-electron chi connectivity index (χ4n) is 1.10. The van der Waals surface area contributed by atoms with Gasteiger partial charge in [0.15, 0.2) is 0 Å². The molecule has 1 fully saturated rings. The lowest BCUT2D eigenvalue weighted by Gasteiger charge is -2.18. The Kier molecular flexibility index (Phi) is 2.78. The molecule has 0 radical (unpaired) electrons. The second-order valence-corrected chi connectivity index (χ2v) is 5.91. The molecular weight excluding hydrogens is 279 g/mol. The first-order valence-corrected chi connectivity index (χ1v) is 6.39. The third kappa shape index (κ3) is 2.04. The number of hydrogen-bond donors (Lipinski definition) is 1. The minimum atomic E-state index is -3.04. The molecule has 1 heterocycles. The average Bonchev–Trinajstić information content (AvgIpc) is 2.11. The molecule has 1 saturated heterocycles. The first-order chi connectivity index (χ1) is 4.93. The van der Waals surface area contributed by atoms with Crippen LogP contribution in [0.25, 0.3) is 0 Å². The molecule has 0 aliphatic carbocycles. The van der Waals surface area contributed by atoms with Crippen molar-refractivity contribution in [3.63, 3.8) is 0 Å². The minimum Gasteiger partial charge on any atom is -0.326 e. The molecule has 6 heteroatoms. The quantitative estimate of drug-likeness (QED) is 0.411. The summed E-state index contributed by atoms with van der Waals surface area (Å²) in [6.07, 6.45) is 1.98. The third-order valence-electron chi connectivity index (χ3n) is 1.74. The van der Waals surface area contributed by atoms with Crippen LogP contribution in [0.5, 0.6) is 0 Å². The van der Waals surface area contributed by atoms with Gasteiger partial charge in [-0.1, -0.05) is 22.6 Å². The Balaban J connectivity index is 2.78. The van der Waals surface area contributed by atoms with E-state index in [1.54, 1.807) is 0 Å². The van der Waals surface area contributed by atoms with E-state index in [1.165, 1.54) is 10.6 Å². The van der Waals surface area contributed by atoms with E-state index in [9.17, 15) is 8.42 Å². The number of sulfonamides is 1. The maximum absolute atomic E-state index is 11.1. The Labute approximate surface area is 80.3 Å². The van der Waals surface area contributed by atoms with Crippen LogP contribution in [0.15, 0.2) is 0 Å². The predicted octanol–water partition coefficient (Wildman–Crippen LogP) is -0.260. The first kappa shape index (κ1) is 9.69. The molecule has 1 aliphatic heterocycles. The Morgan fingerprint density at radius 3 is 2.36 bits per heavy atom. The topological polar surface area (TPSA) is 63.4 Å². The molecule has 1 aliphatic rings. The molecule has 0 saturated carbocycles. The number of nitrogens with zero attached hydrogens (tertiary/aromatic N) is 1. The molecule has 2 atom stereocenters. The van der Waals surface area contributed by atoms with E-state index in [0.717, 1.165) is 6.42 Å². The predicted molar refractivity (Wildman–Crippen MR) is 52.0 cm³/mol. The van der Waals surface area contributed by atoms with Gasteiger partial charge in [-0.2, -0.15) is 4.31 Å². The van der Waals surface area contributed by atoms with E-state index in [-0.39, 0.29) is 10.1 Å². The highest BCUT2D eigenvalue weighted by Crippen LogP contribution is 2.24. The van der Waals surface area contributed by atoms with Gasteiger partial charge >= 0.3 is 0 Å². The first-order valence-electron chi connectivity index (χ1n) is 3.29. The van der Waals surface area contributed by atoms with E-state index < -0.39 is 10.0 Å². The van der Waals surface area contributed by atoms with Crippen LogP contribution in [0.2, 0.25) is 0 Å². The molecule has 0 amide bonds. The summed E-state index contributed by atoms with van der Waals surface area (Å²) in [5.41, 5.74) is 5.65. The summed E-state index contributed by atoms with van der Waals surface area (Å²) in [7, 11) is -3.04. The molecule has 0 aromatic carbocycles. The Bertz CT molecular complexity index is 241. The lowest BCUT2D eigenvalue weighted by Crippen LogP contribution is -2.37. The molecule has 66 valence electrons.